The number of nitrogens with one attached hydrogen (secondary N) is 1. The molecule has 0 bridgehead atoms. The minimum Gasteiger partial charge on any atom is -0.392 e. The van der Waals surface area contributed by atoms with Crippen LogP contribution in [0.25, 0.3) is 0 Å². The summed E-state index contributed by atoms with van der Waals surface area (Å²) in [5, 5.41) is 13.3. The van der Waals surface area contributed by atoms with Crippen LogP contribution in [0.3, 0.4) is 0 Å². The molecule has 2 atom stereocenters. The molecule has 2 N–H and O–H groups in total. The fourth-order valence-corrected chi connectivity index (χ4v) is 2.27. The normalized spacial score (nSPS) is 13.9. The number of aromatic nitrogens is 1. The zero-order valence-corrected chi connectivity index (χ0v) is 11.9. The summed E-state index contributed by atoms with van der Waals surface area (Å²) in [5.74, 6) is 0. The Morgan fingerprint density at radius 1 is 1.10 bits per heavy atom. The van der Waals surface area contributed by atoms with Crippen LogP contribution >= 0.6 is 0 Å². The number of aliphatic hydroxyl groups is 1. The first-order chi connectivity index (χ1) is 9.81. The molecule has 0 radical (unpaired) electrons. The van der Waals surface area contributed by atoms with Gasteiger partial charge in [-0.2, -0.15) is 0 Å². The molecule has 2 aromatic rings. The maximum Gasteiger partial charge on any atom is 0.0752 e. The predicted molar refractivity (Wildman–Crippen MR) is 81.4 cm³/mol. The lowest BCUT2D eigenvalue weighted by Gasteiger charge is -2.20. The Balaban J connectivity index is 2.13. The van der Waals surface area contributed by atoms with Crippen molar-refractivity contribution in [3.63, 3.8) is 0 Å². The van der Waals surface area contributed by atoms with Gasteiger partial charge in [0.15, 0.2) is 0 Å². The summed E-state index contributed by atoms with van der Waals surface area (Å²) in [6, 6.07) is 16.1. The molecule has 0 saturated carbocycles. The highest BCUT2D eigenvalue weighted by molar-refractivity contribution is 5.27. The lowest BCUT2D eigenvalue weighted by atomic mass is 10.0. The van der Waals surface area contributed by atoms with Gasteiger partial charge in [0.25, 0.3) is 0 Å². The van der Waals surface area contributed by atoms with Crippen LogP contribution in [0.4, 0.5) is 0 Å². The van der Waals surface area contributed by atoms with Gasteiger partial charge in [-0.15, -0.1) is 0 Å². The van der Waals surface area contributed by atoms with Crippen molar-refractivity contribution in [3.05, 3.63) is 66.0 Å². The zero-order chi connectivity index (χ0) is 14.2. The van der Waals surface area contributed by atoms with Crippen molar-refractivity contribution >= 4 is 0 Å². The Labute approximate surface area is 120 Å². The summed E-state index contributed by atoms with van der Waals surface area (Å²) in [6.45, 7) is 2.65. The van der Waals surface area contributed by atoms with Gasteiger partial charge in [0.05, 0.1) is 17.8 Å². The van der Waals surface area contributed by atoms with E-state index in [0.717, 1.165) is 24.1 Å². The third-order valence-electron chi connectivity index (χ3n) is 3.30. The van der Waals surface area contributed by atoms with Gasteiger partial charge in [0.1, 0.15) is 0 Å². The monoisotopic (exact) mass is 270 g/mol. The first-order valence-electron chi connectivity index (χ1n) is 7.18. The largest absolute Gasteiger partial charge is 0.392 e. The van der Waals surface area contributed by atoms with Crippen molar-refractivity contribution in [2.75, 3.05) is 6.54 Å². The molecular formula is C17H22N2O. The zero-order valence-electron chi connectivity index (χ0n) is 11.9. The summed E-state index contributed by atoms with van der Waals surface area (Å²) in [7, 11) is 0. The fourth-order valence-electron chi connectivity index (χ4n) is 2.27. The molecule has 0 aliphatic carbocycles. The Bertz CT molecular complexity index is 447. The van der Waals surface area contributed by atoms with Gasteiger partial charge in [-0.25, -0.2) is 0 Å². The molecule has 2 rings (SSSR count). The molecule has 0 aliphatic heterocycles. The topological polar surface area (TPSA) is 45.1 Å². The van der Waals surface area contributed by atoms with E-state index in [9.17, 15) is 5.11 Å². The van der Waals surface area contributed by atoms with E-state index in [-0.39, 0.29) is 12.1 Å². The van der Waals surface area contributed by atoms with Gasteiger partial charge in [-0.3, -0.25) is 4.98 Å². The maximum atomic E-state index is 9.91. The number of nitrogens with zero attached hydrogens (tertiary/aromatic N) is 1. The highest BCUT2D eigenvalue weighted by atomic mass is 16.3. The Morgan fingerprint density at radius 3 is 2.50 bits per heavy atom. The first-order valence-corrected chi connectivity index (χ1v) is 7.18. The third kappa shape index (κ3) is 4.15. The SMILES string of the molecule is CCCC(O)CNC(c1ccccc1)c1ccccn1. The Kier molecular flexibility index (Phi) is 5.71. The second-order valence-electron chi connectivity index (χ2n) is 4.95. The number of hydrogen-bond donors (Lipinski definition) is 2. The molecule has 0 fully saturated rings. The minimum atomic E-state index is -0.310. The lowest BCUT2D eigenvalue weighted by molar-refractivity contribution is 0.158. The molecule has 20 heavy (non-hydrogen) atoms. The predicted octanol–water partition coefficient (Wildman–Crippen LogP) is 2.92. The molecule has 1 aromatic heterocycles. The number of benzene rings is 1. The van der Waals surface area contributed by atoms with E-state index in [4.69, 9.17) is 0 Å². The lowest BCUT2D eigenvalue weighted by Crippen LogP contribution is -2.31. The van der Waals surface area contributed by atoms with Crippen molar-refractivity contribution in [2.45, 2.75) is 31.9 Å². The highest BCUT2D eigenvalue weighted by Crippen LogP contribution is 2.19. The van der Waals surface area contributed by atoms with Crippen LogP contribution in [0, 0.1) is 0 Å². The summed E-state index contributed by atoms with van der Waals surface area (Å²) in [5.41, 5.74) is 2.14. The van der Waals surface area contributed by atoms with Gasteiger partial charge in [0, 0.05) is 12.7 Å². The molecule has 0 saturated heterocycles. The standard InChI is InChI=1S/C17H22N2O/c1-2-8-15(20)13-19-17(14-9-4-3-5-10-14)16-11-6-7-12-18-16/h3-7,9-12,15,17,19-20H,2,8,13H2,1H3. The second kappa shape index (κ2) is 7.78. The molecule has 1 heterocycles. The van der Waals surface area contributed by atoms with E-state index in [0.29, 0.717) is 6.54 Å². The molecule has 3 nitrogen and oxygen atoms in total. The van der Waals surface area contributed by atoms with Gasteiger partial charge >= 0.3 is 0 Å². The summed E-state index contributed by atoms with van der Waals surface area (Å²) < 4.78 is 0. The summed E-state index contributed by atoms with van der Waals surface area (Å²) in [6.07, 6.45) is 3.30. The van der Waals surface area contributed by atoms with Gasteiger partial charge < -0.3 is 10.4 Å². The van der Waals surface area contributed by atoms with E-state index in [1.807, 2.05) is 36.4 Å². The average molecular weight is 270 g/mol. The van der Waals surface area contributed by atoms with E-state index >= 15 is 0 Å². The van der Waals surface area contributed by atoms with Gasteiger partial charge in [-0.05, 0) is 24.1 Å². The molecule has 3 heteroatoms. The van der Waals surface area contributed by atoms with E-state index < -0.39 is 0 Å². The van der Waals surface area contributed by atoms with Crippen LogP contribution in [-0.4, -0.2) is 22.7 Å². The van der Waals surface area contributed by atoms with Crippen LogP contribution in [0.1, 0.15) is 37.1 Å². The van der Waals surface area contributed by atoms with Crippen molar-refractivity contribution in [3.8, 4) is 0 Å². The van der Waals surface area contributed by atoms with Gasteiger partial charge in [-0.1, -0.05) is 49.7 Å². The number of pyridine rings is 1. The van der Waals surface area contributed by atoms with Crippen LogP contribution in [0.5, 0.6) is 0 Å². The average Bonchev–Trinajstić information content (AvgIpc) is 2.50. The Hall–Kier alpha value is -1.71. The van der Waals surface area contributed by atoms with Crippen molar-refractivity contribution in [1.29, 1.82) is 0 Å². The van der Waals surface area contributed by atoms with Crippen molar-refractivity contribution < 1.29 is 5.11 Å². The highest BCUT2D eigenvalue weighted by Gasteiger charge is 2.15. The van der Waals surface area contributed by atoms with E-state index in [1.165, 1.54) is 0 Å². The molecular weight excluding hydrogens is 248 g/mol. The van der Waals surface area contributed by atoms with Crippen LogP contribution in [0.15, 0.2) is 54.7 Å². The molecule has 0 spiro atoms. The fraction of sp³-hybridized carbons (Fsp3) is 0.353. The number of rotatable bonds is 7. The minimum absolute atomic E-state index is 0.0175. The van der Waals surface area contributed by atoms with Crippen LogP contribution < -0.4 is 5.32 Å². The number of hydrogen-bond acceptors (Lipinski definition) is 3. The van der Waals surface area contributed by atoms with Crippen molar-refractivity contribution in [2.24, 2.45) is 0 Å². The van der Waals surface area contributed by atoms with Crippen LogP contribution in [0.2, 0.25) is 0 Å². The third-order valence-corrected chi connectivity index (χ3v) is 3.30. The molecule has 1 aromatic carbocycles. The molecule has 0 aliphatic rings. The van der Waals surface area contributed by atoms with E-state index in [2.05, 4.69) is 29.4 Å². The maximum absolute atomic E-state index is 9.91. The summed E-state index contributed by atoms with van der Waals surface area (Å²) in [4.78, 5) is 4.44. The Morgan fingerprint density at radius 2 is 1.85 bits per heavy atom. The molecule has 0 amide bonds. The molecule has 106 valence electrons. The summed E-state index contributed by atoms with van der Waals surface area (Å²) >= 11 is 0. The first kappa shape index (κ1) is 14.7. The van der Waals surface area contributed by atoms with Crippen LogP contribution in [-0.2, 0) is 0 Å². The van der Waals surface area contributed by atoms with Crippen molar-refractivity contribution in [1.82, 2.24) is 10.3 Å². The smallest absolute Gasteiger partial charge is 0.0752 e. The quantitative estimate of drug-likeness (QED) is 0.813. The van der Waals surface area contributed by atoms with Gasteiger partial charge in [0.2, 0.25) is 0 Å². The molecule has 2 unspecified atom stereocenters. The second-order valence-corrected chi connectivity index (χ2v) is 4.95. The number of aliphatic hydroxyl groups excluding tert-OH is 1. The van der Waals surface area contributed by atoms with E-state index in [1.54, 1.807) is 6.20 Å².